The molecule has 0 aliphatic rings. The van der Waals surface area contributed by atoms with Gasteiger partial charge in [-0.2, -0.15) is 0 Å². The molecule has 0 aliphatic heterocycles. The van der Waals surface area contributed by atoms with Gasteiger partial charge < -0.3 is 9.84 Å². The SMILES string of the molecule is Oc1ccc2c(COc3ccccc3)csc2c1. The maximum Gasteiger partial charge on any atom is 0.119 e. The van der Waals surface area contributed by atoms with Crippen molar-refractivity contribution in [1.29, 1.82) is 0 Å². The molecule has 0 aliphatic carbocycles. The highest BCUT2D eigenvalue weighted by Gasteiger charge is 2.05. The Kier molecular flexibility index (Phi) is 2.90. The van der Waals surface area contributed by atoms with Crippen LogP contribution in [0.5, 0.6) is 11.5 Å². The lowest BCUT2D eigenvalue weighted by Crippen LogP contribution is -1.93. The molecule has 0 unspecified atom stereocenters. The topological polar surface area (TPSA) is 29.5 Å². The van der Waals surface area contributed by atoms with Crippen molar-refractivity contribution in [2.45, 2.75) is 6.61 Å². The van der Waals surface area contributed by atoms with E-state index in [0.29, 0.717) is 12.4 Å². The average molecular weight is 256 g/mol. The minimum atomic E-state index is 0.305. The van der Waals surface area contributed by atoms with Crippen LogP contribution in [0.4, 0.5) is 0 Å². The predicted octanol–water partition coefficient (Wildman–Crippen LogP) is 4.19. The van der Waals surface area contributed by atoms with Gasteiger partial charge in [0.1, 0.15) is 18.1 Å². The highest BCUT2D eigenvalue weighted by atomic mass is 32.1. The molecule has 3 aromatic rings. The molecule has 0 saturated heterocycles. The first kappa shape index (κ1) is 11.1. The summed E-state index contributed by atoms with van der Waals surface area (Å²) in [7, 11) is 0. The third-order valence-electron chi connectivity index (χ3n) is 2.78. The number of fused-ring (bicyclic) bond motifs is 1. The van der Waals surface area contributed by atoms with Crippen LogP contribution in [-0.2, 0) is 6.61 Å². The second-order valence-electron chi connectivity index (χ2n) is 4.04. The predicted molar refractivity (Wildman–Crippen MR) is 74.3 cm³/mol. The van der Waals surface area contributed by atoms with Gasteiger partial charge in [0.15, 0.2) is 0 Å². The number of aromatic hydroxyl groups is 1. The van der Waals surface area contributed by atoms with Crippen molar-refractivity contribution in [2.75, 3.05) is 0 Å². The monoisotopic (exact) mass is 256 g/mol. The molecule has 2 aromatic carbocycles. The van der Waals surface area contributed by atoms with Crippen molar-refractivity contribution in [2.24, 2.45) is 0 Å². The van der Waals surface area contributed by atoms with Crippen LogP contribution in [0, 0.1) is 0 Å². The van der Waals surface area contributed by atoms with Crippen LogP contribution in [0.1, 0.15) is 5.56 Å². The van der Waals surface area contributed by atoms with Gasteiger partial charge in [-0.15, -0.1) is 11.3 Å². The lowest BCUT2D eigenvalue weighted by Gasteiger charge is -2.04. The van der Waals surface area contributed by atoms with E-state index >= 15 is 0 Å². The molecule has 18 heavy (non-hydrogen) atoms. The van der Waals surface area contributed by atoms with Crippen molar-refractivity contribution >= 4 is 21.4 Å². The van der Waals surface area contributed by atoms with Gasteiger partial charge in [-0.05, 0) is 41.1 Å². The molecule has 0 saturated carbocycles. The number of ether oxygens (including phenoxy) is 1. The highest BCUT2D eigenvalue weighted by molar-refractivity contribution is 7.17. The van der Waals surface area contributed by atoms with Crippen LogP contribution in [-0.4, -0.2) is 5.11 Å². The molecule has 90 valence electrons. The molecule has 1 aromatic heterocycles. The van der Waals surface area contributed by atoms with Crippen molar-refractivity contribution in [3.05, 3.63) is 59.5 Å². The first-order valence-corrected chi connectivity index (χ1v) is 6.58. The number of para-hydroxylation sites is 1. The molecular formula is C15H12O2S. The van der Waals surface area contributed by atoms with Crippen LogP contribution in [0.25, 0.3) is 10.1 Å². The van der Waals surface area contributed by atoms with Crippen molar-refractivity contribution in [1.82, 2.24) is 0 Å². The van der Waals surface area contributed by atoms with Gasteiger partial charge in [-0.3, -0.25) is 0 Å². The normalized spacial score (nSPS) is 10.7. The van der Waals surface area contributed by atoms with Crippen molar-refractivity contribution in [3.8, 4) is 11.5 Å². The van der Waals surface area contributed by atoms with E-state index < -0.39 is 0 Å². The zero-order valence-corrected chi connectivity index (χ0v) is 10.5. The fourth-order valence-electron chi connectivity index (χ4n) is 1.86. The maximum atomic E-state index is 9.42. The summed E-state index contributed by atoms with van der Waals surface area (Å²) >= 11 is 1.62. The molecule has 3 rings (SSSR count). The average Bonchev–Trinajstić information content (AvgIpc) is 2.80. The summed E-state index contributed by atoms with van der Waals surface area (Å²) in [5, 5.41) is 12.6. The van der Waals surface area contributed by atoms with Crippen LogP contribution < -0.4 is 4.74 Å². The Morgan fingerprint density at radius 3 is 2.72 bits per heavy atom. The van der Waals surface area contributed by atoms with Gasteiger partial charge in [0.25, 0.3) is 0 Å². The number of benzene rings is 2. The smallest absolute Gasteiger partial charge is 0.119 e. The Morgan fingerprint density at radius 1 is 1.06 bits per heavy atom. The summed E-state index contributed by atoms with van der Waals surface area (Å²) in [6, 6.07) is 15.2. The van der Waals surface area contributed by atoms with Crippen LogP contribution in [0.15, 0.2) is 53.9 Å². The highest BCUT2D eigenvalue weighted by Crippen LogP contribution is 2.29. The van der Waals surface area contributed by atoms with E-state index in [-0.39, 0.29) is 0 Å². The lowest BCUT2D eigenvalue weighted by atomic mass is 10.2. The fraction of sp³-hybridized carbons (Fsp3) is 0.0667. The van der Waals surface area contributed by atoms with E-state index in [1.165, 1.54) is 0 Å². The molecule has 0 bridgehead atoms. The summed E-state index contributed by atoms with van der Waals surface area (Å²) in [4.78, 5) is 0. The van der Waals surface area contributed by atoms with E-state index in [1.807, 2.05) is 36.4 Å². The van der Waals surface area contributed by atoms with E-state index in [9.17, 15) is 5.11 Å². The quantitative estimate of drug-likeness (QED) is 0.761. The molecule has 1 N–H and O–H groups in total. The van der Waals surface area contributed by atoms with Crippen molar-refractivity contribution < 1.29 is 9.84 Å². The molecule has 0 spiro atoms. The molecule has 1 heterocycles. The molecule has 0 atom stereocenters. The van der Waals surface area contributed by atoms with Crippen LogP contribution >= 0.6 is 11.3 Å². The lowest BCUT2D eigenvalue weighted by molar-refractivity contribution is 0.308. The summed E-state index contributed by atoms with van der Waals surface area (Å²) in [6.45, 7) is 0.550. The van der Waals surface area contributed by atoms with Gasteiger partial charge in [0, 0.05) is 10.3 Å². The Balaban J connectivity index is 1.83. The van der Waals surface area contributed by atoms with Gasteiger partial charge in [-0.1, -0.05) is 18.2 Å². The van der Waals surface area contributed by atoms with Crippen LogP contribution in [0.2, 0.25) is 0 Å². The van der Waals surface area contributed by atoms with E-state index in [2.05, 4.69) is 5.38 Å². The van der Waals surface area contributed by atoms with Gasteiger partial charge in [0.05, 0.1) is 0 Å². The van der Waals surface area contributed by atoms with E-state index in [0.717, 1.165) is 21.4 Å². The fourth-order valence-corrected chi connectivity index (χ4v) is 2.84. The molecule has 2 nitrogen and oxygen atoms in total. The number of rotatable bonds is 3. The number of hydrogen-bond donors (Lipinski definition) is 1. The number of phenols is 1. The zero-order chi connectivity index (χ0) is 12.4. The standard InChI is InChI=1S/C15H12O2S/c16-12-6-7-14-11(10-18-15(14)8-12)9-17-13-4-2-1-3-5-13/h1-8,10,16H,9H2. The molecule has 0 radical (unpaired) electrons. The maximum absolute atomic E-state index is 9.42. The zero-order valence-electron chi connectivity index (χ0n) is 9.67. The Bertz CT molecular complexity index is 659. The first-order chi connectivity index (χ1) is 8.83. The minimum Gasteiger partial charge on any atom is -0.508 e. The molecule has 0 fully saturated rings. The van der Waals surface area contributed by atoms with Gasteiger partial charge in [0.2, 0.25) is 0 Å². The summed E-state index contributed by atoms with van der Waals surface area (Å²) in [5.74, 6) is 1.18. The second kappa shape index (κ2) is 4.70. The Labute approximate surface area is 109 Å². The molecule has 0 amide bonds. The molecular weight excluding hydrogens is 244 g/mol. The van der Waals surface area contributed by atoms with Crippen molar-refractivity contribution in [3.63, 3.8) is 0 Å². The first-order valence-electron chi connectivity index (χ1n) is 5.70. The van der Waals surface area contributed by atoms with Gasteiger partial charge in [-0.25, -0.2) is 0 Å². The molecule has 3 heteroatoms. The number of phenolic OH excluding ortho intramolecular Hbond substituents is 1. The minimum absolute atomic E-state index is 0.305. The van der Waals surface area contributed by atoms with E-state index in [4.69, 9.17) is 4.74 Å². The van der Waals surface area contributed by atoms with Gasteiger partial charge >= 0.3 is 0 Å². The van der Waals surface area contributed by atoms with Crippen LogP contribution in [0.3, 0.4) is 0 Å². The summed E-state index contributed by atoms with van der Waals surface area (Å²) < 4.78 is 6.82. The third kappa shape index (κ3) is 2.17. The Morgan fingerprint density at radius 2 is 1.89 bits per heavy atom. The van der Waals surface area contributed by atoms with E-state index in [1.54, 1.807) is 23.5 Å². The number of hydrogen-bond acceptors (Lipinski definition) is 3. The summed E-state index contributed by atoms with van der Waals surface area (Å²) in [5.41, 5.74) is 1.15. The summed E-state index contributed by atoms with van der Waals surface area (Å²) in [6.07, 6.45) is 0. The Hall–Kier alpha value is -2.00. The largest absolute Gasteiger partial charge is 0.508 e. The number of thiophene rings is 1. The second-order valence-corrected chi connectivity index (χ2v) is 4.95. The third-order valence-corrected chi connectivity index (χ3v) is 3.77.